The number of thiophene rings is 1. The van der Waals surface area contributed by atoms with E-state index in [1.54, 1.807) is 14.0 Å². The van der Waals surface area contributed by atoms with E-state index < -0.39 is 11.9 Å². The van der Waals surface area contributed by atoms with Gasteiger partial charge in [0.2, 0.25) is 0 Å². The van der Waals surface area contributed by atoms with Crippen LogP contribution in [0.15, 0.2) is 35.7 Å². The number of ketones is 1. The second-order valence-electron chi connectivity index (χ2n) is 6.40. The number of nitrogens with zero attached hydrogens (tertiary/aromatic N) is 1. The van der Waals surface area contributed by atoms with Gasteiger partial charge in [-0.05, 0) is 41.6 Å². The van der Waals surface area contributed by atoms with E-state index in [1.165, 1.54) is 11.3 Å². The van der Waals surface area contributed by atoms with E-state index in [4.69, 9.17) is 4.74 Å². The zero-order valence-electron chi connectivity index (χ0n) is 14.3. The van der Waals surface area contributed by atoms with Crippen molar-refractivity contribution in [3.8, 4) is 5.75 Å². The lowest BCUT2D eigenvalue weighted by Gasteiger charge is -2.16. The molecule has 0 unspecified atom stereocenters. The molecule has 0 bridgehead atoms. The molecule has 25 heavy (non-hydrogen) atoms. The van der Waals surface area contributed by atoms with Crippen molar-refractivity contribution < 1.29 is 19.4 Å². The molecule has 6 heteroatoms. The van der Waals surface area contributed by atoms with Crippen molar-refractivity contribution in [2.75, 3.05) is 20.2 Å². The fourth-order valence-corrected chi connectivity index (χ4v) is 4.18. The Kier molecular flexibility index (Phi) is 5.20. The maximum absolute atomic E-state index is 11.7. The summed E-state index contributed by atoms with van der Waals surface area (Å²) in [6, 6.07) is 9.55. The molecule has 1 N–H and O–H groups in total. The quantitative estimate of drug-likeness (QED) is 0.802. The summed E-state index contributed by atoms with van der Waals surface area (Å²) in [5.41, 5.74) is 2.05. The Labute approximate surface area is 150 Å². The fraction of sp³-hybridized carbons (Fsp3) is 0.368. The van der Waals surface area contributed by atoms with Gasteiger partial charge in [0.1, 0.15) is 5.75 Å². The van der Waals surface area contributed by atoms with Crippen LogP contribution in [0.25, 0.3) is 0 Å². The van der Waals surface area contributed by atoms with Crippen LogP contribution in [0.3, 0.4) is 0 Å². The Bertz CT molecular complexity index is 785. The monoisotopic (exact) mass is 359 g/mol. The topological polar surface area (TPSA) is 66.8 Å². The predicted molar refractivity (Wildman–Crippen MR) is 96.5 cm³/mol. The lowest BCUT2D eigenvalue weighted by Crippen LogP contribution is -2.23. The van der Waals surface area contributed by atoms with Gasteiger partial charge in [-0.15, -0.1) is 11.3 Å². The second-order valence-corrected chi connectivity index (χ2v) is 7.31. The molecule has 0 radical (unpaired) electrons. The van der Waals surface area contributed by atoms with Crippen LogP contribution in [0.5, 0.6) is 5.75 Å². The highest BCUT2D eigenvalue weighted by Gasteiger charge is 2.38. The highest BCUT2D eigenvalue weighted by Crippen LogP contribution is 2.35. The third kappa shape index (κ3) is 3.91. The zero-order chi connectivity index (χ0) is 18.0. The summed E-state index contributed by atoms with van der Waals surface area (Å²) in [7, 11) is 1.61. The van der Waals surface area contributed by atoms with Crippen LogP contribution >= 0.6 is 11.3 Å². The summed E-state index contributed by atoms with van der Waals surface area (Å²) in [6.45, 7) is 3.40. The molecule has 1 aliphatic heterocycles. The van der Waals surface area contributed by atoms with Crippen molar-refractivity contribution in [1.82, 2.24) is 4.90 Å². The highest BCUT2D eigenvalue weighted by atomic mass is 32.1. The molecule has 132 valence electrons. The van der Waals surface area contributed by atoms with Gasteiger partial charge in [-0.3, -0.25) is 14.5 Å². The van der Waals surface area contributed by atoms with Crippen molar-refractivity contribution in [1.29, 1.82) is 0 Å². The van der Waals surface area contributed by atoms with Gasteiger partial charge in [-0.25, -0.2) is 0 Å². The number of carbonyl (C=O) groups excluding carboxylic acids is 1. The summed E-state index contributed by atoms with van der Waals surface area (Å²) in [5.74, 6) is -0.485. The third-order valence-electron chi connectivity index (χ3n) is 4.64. The minimum Gasteiger partial charge on any atom is -0.497 e. The van der Waals surface area contributed by atoms with Crippen molar-refractivity contribution >= 4 is 23.1 Å². The van der Waals surface area contributed by atoms with Crippen molar-refractivity contribution in [2.24, 2.45) is 5.92 Å². The van der Waals surface area contributed by atoms with Gasteiger partial charge in [0.05, 0.1) is 17.9 Å². The summed E-state index contributed by atoms with van der Waals surface area (Å²) >= 11 is 1.44. The largest absolute Gasteiger partial charge is 0.497 e. The molecule has 2 aromatic rings. The van der Waals surface area contributed by atoms with Gasteiger partial charge < -0.3 is 9.84 Å². The van der Waals surface area contributed by atoms with E-state index in [2.05, 4.69) is 4.90 Å². The Balaban J connectivity index is 1.77. The first kappa shape index (κ1) is 17.6. The Morgan fingerprint density at radius 1 is 1.32 bits per heavy atom. The van der Waals surface area contributed by atoms with E-state index in [0.29, 0.717) is 19.6 Å². The Morgan fingerprint density at radius 3 is 2.76 bits per heavy atom. The van der Waals surface area contributed by atoms with E-state index in [0.717, 1.165) is 21.8 Å². The molecule has 0 aliphatic carbocycles. The summed E-state index contributed by atoms with van der Waals surface area (Å²) in [5, 5.41) is 11.6. The lowest BCUT2D eigenvalue weighted by molar-refractivity contribution is -0.141. The first-order valence-corrected chi connectivity index (χ1v) is 9.03. The lowest BCUT2D eigenvalue weighted by atomic mass is 9.89. The van der Waals surface area contributed by atoms with Gasteiger partial charge in [0.15, 0.2) is 5.78 Å². The molecule has 2 atom stereocenters. The molecule has 1 aromatic heterocycles. The van der Waals surface area contributed by atoms with Crippen LogP contribution < -0.4 is 4.74 Å². The van der Waals surface area contributed by atoms with Gasteiger partial charge >= 0.3 is 5.97 Å². The number of benzene rings is 1. The molecule has 1 saturated heterocycles. The van der Waals surface area contributed by atoms with Gasteiger partial charge in [0.25, 0.3) is 0 Å². The van der Waals surface area contributed by atoms with E-state index in [-0.39, 0.29) is 11.7 Å². The van der Waals surface area contributed by atoms with Crippen LogP contribution in [-0.4, -0.2) is 42.0 Å². The SMILES string of the molecule is COc1cccc([C@H]2CN(Cc3csc(C(C)=O)c3)C[C@@H]2C(=O)O)c1. The first-order valence-electron chi connectivity index (χ1n) is 8.15. The number of likely N-dealkylation sites (tertiary alicyclic amines) is 1. The standard InChI is InChI=1S/C19H21NO4S/c1-12(21)18-6-13(11-25-18)8-20-9-16(17(10-20)19(22)23)14-4-3-5-15(7-14)24-2/h3-7,11,16-17H,8-10H2,1-2H3,(H,22,23)/t16-,17+/m1/s1. The summed E-state index contributed by atoms with van der Waals surface area (Å²) in [4.78, 5) is 26.1. The maximum atomic E-state index is 11.7. The number of Topliss-reactive ketones (excluding diaryl/α,β-unsaturated/α-hetero) is 1. The molecular formula is C19H21NO4S. The molecule has 0 amide bonds. The molecule has 2 heterocycles. The molecule has 1 fully saturated rings. The summed E-state index contributed by atoms with van der Waals surface area (Å²) < 4.78 is 5.27. The number of carboxylic acids is 1. The number of hydrogen-bond donors (Lipinski definition) is 1. The molecule has 1 aliphatic rings. The minimum absolute atomic E-state index is 0.0651. The van der Waals surface area contributed by atoms with Crippen molar-refractivity contribution in [3.05, 3.63) is 51.7 Å². The molecule has 3 rings (SSSR count). The van der Waals surface area contributed by atoms with Gasteiger partial charge in [0, 0.05) is 25.6 Å². The minimum atomic E-state index is -0.773. The van der Waals surface area contributed by atoms with Crippen LogP contribution in [-0.2, 0) is 11.3 Å². The Morgan fingerprint density at radius 2 is 2.12 bits per heavy atom. The van der Waals surface area contributed by atoms with E-state index in [1.807, 2.05) is 35.7 Å². The molecule has 5 nitrogen and oxygen atoms in total. The van der Waals surface area contributed by atoms with Crippen LogP contribution in [0.1, 0.15) is 33.6 Å². The third-order valence-corrected chi connectivity index (χ3v) is 5.72. The number of carbonyl (C=O) groups is 2. The molecular weight excluding hydrogens is 338 g/mol. The first-order chi connectivity index (χ1) is 12.0. The molecule has 1 aromatic carbocycles. The molecule has 0 saturated carbocycles. The number of ether oxygens (including phenoxy) is 1. The van der Waals surface area contributed by atoms with Gasteiger partial charge in [-0.1, -0.05) is 12.1 Å². The fourth-order valence-electron chi connectivity index (χ4n) is 3.38. The second kappa shape index (κ2) is 7.37. The normalized spacial score (nSPS) is 20.6. The Hall–Kier alpha value is -2.18. The zero-order valence-corrected chi connectivity index (χ0v) is 15.1. The smallest absolute Gasteiger partial charge is 0.308 e. The average Bonchev–Trinajstić information content (AvgIpc) is 3.22. The maximum Gasteiger partial charge on any atom is 0.308 e. The summed E-state index contributed by atoms with van der Waals surface area (Å²) in [6.07, 6.45) is 0. The van der Waals surface area contributed by atoms with Crippen molar-refractivity contribution in [3.63, 3.8) is 0 Å². The number of carboxylic acid groups (broad SMARTS) is 1. The van der Waals surface area contributed by atoms with Crippen LogP contribution in [0, 0.1) is 5.92 Å². The van der Waals surface area contributed by atoms with Crippen LogP contribution in [0.2, 0.25) is 0 Å². The van der Waals surface area contributed by atoms with Crippen molar-refractivity contribution in [2.45, 2.75) is 19.4 Å². The highest BCUT2D eigenvalue weighted by molar-refractivity contribution is 7.12. The number of aliphatic carboxylic acids is 1. The number of methoxy groups -OCH3 is 1. The van der Waals surface area contributed by atoms with Crippen LogP contribution in [0.4, 0.5) is 0 Å². The van der Waals surface area contributed by atoms with Gasteiger partial charge in [-0.2, -0.15) is 0 Å². The predicted octanol–water partition coefficient (Wildman–Crippen LogP) is 3.26. The van der Waals surface area contributed by atoms with E-state index in [9.17, 15) is 14.7 Å². The number of hydrogen-bond acceptors (Lipinski definition) is 5. The van der Waals surface area contributed by atoms with E-state index >= 15 is 0 Å². The number of rotatable bonds is 6. The molecule has 0 spiro atoms. The average molecular weight is 359 g/mol.